The van der Waals surface area contributed by atoms with Gasteiger partial charge in [0.15, 0.2) is 0 Å². The third kappa shape index (κ3) is 7.45. The molecule has 0 fully saturated rings. The molecule has 4 aromatic carbocycles. The van der Waals surface area contributed by atoms with Gasteiger partial charge in [-0.05, 0) is 59.7 Å². The molecule has 0 atom stereocenters. The second-order valence-electron chi connectivity index (χ2n) is 8.76. The van der Waals surface area contributed by atoms with E-state index in [0.717, 1.165) is 12.1 Å². The van der Waals surface area contributed by atoms with Gasteiger partial charge < -0.3 is 19.7 Å². The number of rotatable bonds is 13. The third-order valence-electron chi connectivity index (χ3n) is 5.91. The summed E-state index contributed by atoms with van der Waals surface area (Å²) in [5.41, 5.74) is 0.102. The SMILES string of the molecule is O=[N+]([O-])c1cccc(C=Nc2ccccc2OCCCCOc2ccccc2N=Cc2cccc([N+](=O)[O-])c2[O-])c1[O-]. The number of ether oxygens (including phenoxy) is 2. The van der Waals surface area contributed by atoms with Gasteiger partial charge in [-0.1, -0.05) is 48.5 Å². The van der Waals surface area contributed by atoms with Crippen LogP contribution in [-0.4, -0.2) is 35.5 Å². The van der Waals surface area contributed by atoms with Crippen molar-refractivity contribution in [2.75, 3.05) is 13.2 Å². The molecule has 4 aromatic rings. The molecule has 42 heavy (non-hydrogen) atoms. The topological polar surface area (TPSA) is 176 Å². The van der Waals surface area contributed by atoms with Gasteiger partial charge in [0, 0.05) is 24.6 Å². The number of nitro groups is 2. The first kappa shape index (κ1) is 29.2. The van der Waals surface area contributed by atoms with E-state index < -0.39 is 32.7 Å². The Morgan fingerprint density at radius 1 is 0.595 bits per heavy atom. The van der Waals surface area contributed by atoms with Gasteiger partial charge in [0.1, 0.15) is 22.9 Å². The number of aliphatic imine (C=N–C) groups is 2. The summed E-state index contributed by atoms with van der Waals surface area (Å²) >= 11 is 0. The quantitative estimate of drug-likeness (QED) is 0.0892. The summed E-state index contributed by atoms with van der Waals surface area (Å²) < 4.78 is 11.7. The lowest BCUT2D eigenvalue weighted by atomic mass is 10.2. The van der Waals surface area contributed by atoms with Crippen LogP contribution < -0.4 is 19.7 Å². The molecule has 214 valence electrons. The Morgan fingerprint density at radius 2 is 1.00 bits per heavy atom. The summed E-state index contributed by atoms with van der Waals surface area (Å²) in [5.74, 6) is -0.440. The average molecular weight is 569 g/mol. The van der Waals surface area contributed by atoms with Crippen LogP contribution in [0.2, 0.25) is 0 Å². The molecule has 0 N–H and O–H groups in total. The maximum Gasteiger partial charge on any atom is 0.262 e. The lowest BCUT2D eigenvalue weighted by Gasteiger charge is -2.12. The molecule has 0 bridgehead atoms. The highest BCUT2D eigenvalue weighted by molar-refractivity contribution is 5.88. The predicted molar refractivity (Wildman–Crippen MR) is 153 cm³/mol. The van der Waals surface area contributed by atoms with E-state index in [2.05, 4.69) is 9.98 Å². The standard InChI is InChI=1S/C30H26N4O8/c35-29-21(9-7-13-25(29)33(37)38)19-31-23-11-1-3-15-27(23)41-17-5-6-18-42-28-16-4-2-12-24(28)32-20-22-10-8-14-26(30(22)36)34(39)40/h1-4,7-16,19-20,35-36H,5-6,17-18H2/p-2. The molecule has 0 aliphatic heterocycles. The minimum absolute atomic E-state index is 0.0966. The van der Waals surface area contributed by atoms with Gasteiger partial charge in [0.25, 0.3) is 11.4 Å². The lowest BCUT2D eigenvalue weighted by Crippen LogP contribution is -2.03. The third-order valence-corrected chi connectivity index (χ3v) is 5.91. The van der Waals surface area contributed by atoms with Crippen molar-refractivity contribution in [2.45, 2.75) is 12.8 Å². The first-order chi connectivity index (χ1) is 20.3. The van der Waals surface area contributed by atoms with Crippen LogP contribution in [0.5, 0.6) is 23.0 Å². The molecule has 0 heterocycles. The largest absolute Gasteiger partial charge is 0.867 e. The highest BCUT2D eigenvalue weighted by atomic mass is 16.6. The summed E-state index contributed by atoms with van der Waals surface area (Å²) in [7, 11) is 0. The van der Waals surface area contributed by atoms with E-state index in [-0.39, 0.29) is 11.1 Å². The number of unbranched alkanes of at least 4 members (excludes halogenated alkanes) is 1. The van der Waals surface area contributed by atoms with Crippen LogP contribution in [0.15, 0.2) is 94.9 Å². The molecular formula is C30H24N4O8-2. The van der Waals surface area contributed by atoms with Gasteiger partial charge in [0.2, 0.25) is 0 Å². The van der Waals surface area contributed by atoms with Crippen molar-refractivity contribution in [3.05, 3.63) is 116 Å². The average Bonchev–Trinajstić information content (AvgIpc) is 2.98. The van der Waals surface area contributed by atoms with Crippen molar-refractivity contribution in [1.29, 1.82) is 0 Å². The van der Waals surface area contributed by atoms with Crippen LogP contribution in [0.1, 0.15) is 24.0 Å². The molecule has 0 amide bonds. The number of hydrogen-bond donors (Lipinski definition) is 0. The molecule has 0 saturated heterocycles. The number of nitrogens with zero attached hydrogens (tertiary/aromatic N) is 4. The molecule has 0 aliphatic carbocycles. The van der Waals surface area contributed by atoms with Crippen LogP contribution in [0.4, 0.5) is 22.7 Å². The second kappa shape index (κ2) is 14.0. The Bertz CT molecular complexity index is 1520. The lowest BCUT2D eigenvalue weighted by molar-refractivity contribution is -0.398. The van der Waals surface area contributed by atoms with E-state index >= 15 is 0 Å². The maximum absolute atomic E-state index is 12.2. The Morgan fingerprint density at radius 3 is 1.40 bits per heavy atom. The van der Waals surface area contributed by atoms with Gasteiger partial charge in [-0.3, -0.25) is 30.2 Å². The molecule has 0 saturated carbocycles. The van der Waals surface area contributed by atoms with Crippen molar-refractivity contribution in [1.82, 2.24) is 0 Å². The van der Waals surface area contributed by atoms with E-state index in [0.29, 0.717) is 48.9 Å². The van der Waals surface area contributed by atoms with E-state index in [1.54, 1.807) is 48.5 Å². The number of para-hydroxylation sites is 6. The van der Waals surface area contributed by atoms with Gasteiger partial charge in [-0.25, -0.2) is 0 Å². The Labute approximate surface area is 240 Å². The van der Waals surface area contributed by atoms with Gasteiger partial charge in [0.05, 0.1) is 23.1 Å². The maximum atomic E-state index is 12.2. The highest BCUT2D eigenvalue weighted by Gasteiger charge is 2.10. The zero-order valence-electron chi connectivity index (χ0n) is 22.1. The zero-order chi connectivity index (χ0) is 29.9. The fourth-order valence-electron chi connectivity index (χ4n) is 3.79. The predicted octanol–water partition coefficient (Wildman–Crippen LogP) is 5.39. The molecule has 12 heteroatoms. The molecular weight excluding hydrogens is 544 g/mol. The number of nitro benzene ring substituents is 2. The molecule has 12 nitrogen and oxygen atoms in total. The Balaban J connectivity index is 1.30. The van der Waals surface area contributed by atoms with Gasteiger partial charge in [-0.15, -0.1) is 0 Å². The fourth-order valence-corrected chi connectivity index (χ4v) is 3.79. The summed E-state index contributed by atoms with van der Waals surface area (Å²) in [5, 5.41) is 46.5. The monoisotopic (exact) mass is 568 g/mol. The molecule has 0 spiro atoms. The van der Waals surface area contributed by atoms with Crippen molar-refractivity contribution in [3.63, 3.8) is 0 Å². The van der Waals surface area contributed by atoms with Crippen molar-refractivity contribution in [3.8, 4) is 23.0 Å². The van der Waals surface area contributed by atoms with Gasteiger partial charge >= 0.3 is 0 Å². The molecule has 0 aromatic heterocycles. The normalized spacial score (nSPS) is 11.1. The zero-order valence-corrected chi connectivity index (χ0v) is 22.1. The first-order valence-corrected chi connectivity index (χ1v) is 12.8. The van der Waals surface area contributed by atoms with Crippen molar-refractivity contribution in [2.24, 2.45) is 9.98 Å². The van der Waals surface area contributed by atoms with E-state index in [1.807, 2.05) is 0 Å². The Kier molecular flexibility index (Phi) is 9.76. The summed E-state index contributed by atoms with van der Waals surface area (Å²) in [6, 6.07) is 22.0. The summed E-state index contributed by atoms with van der Waals surface area (Å²) in [6.07, 6.45) is 3.85. The molecule has 0 radical (unpaired) electrons. The van der Waals surface area contributed by atoms with Crippen molar-refractivity contribution >= 4 is 35.2 Å². The smallest absolute Gasteiger partial charge is 0.262 e. The van der Waals surface area contributed by atoms with E-state index in [4.69, 9.17) is 9.47 Å². The Hall–Kier alpha value is -5.78. The molecule has 0 aliphatic rings. The molecule has 0 unspecified atom stereocenters. The van der Waals surface area contributed by atoms with Crippen LogP contribution >= 0.6 is 0 Å². The van der Waals surface area contributed by atoms with Gasteiger partial charge in [-0.2, -0.15) is 0 Å². The minimum atomic E-state index is -0.726. The minimum Gasteiger partial charge on any atom is -0.867 e. The van der Waals surface area contributed by atoms with Crippen LogP contribution in [0.3, 0.4) is 0 Å². The summed E-state index contributed by atoms with van der Waals surface area (Å²) in [4.78, 5) is 29.2. The van der Waals surface area contributed by atoms with Crippen LogP contribution in [0.25, 0.3) is 0 Å². The second-order valence-corrected chi connectivity index (χ2v) is 8.76. The summed E-state index contributed by atoms with van der Waals surface area (Å²) in [6.45, 7) is 0.719. The molecule has 4 rings (SSSR count). The first-order valence-electron chi connectivity index (χ1n) is 12.8. The van der Waals surface area contributed by atoms with Crippen molar-refractivity contribution < 1.29 is 29.5 Å². The highest BCUT2D eigenvalue weighted by Crippen LogP contribution is 2.31. The number of hydrogen-bond acceptors (Lipinski definition) is 10. The van der Waals surface area contributed by atoms with E-state index in [1.165, 1.54) is 36.7 Å². The van der Waals surface area contributed by atoms with E-state index in [9.17, 15) is 30.4 Å². The number of benzene rings is 4. The van der Waals surface area contributed by atoms with Crippen LogP contribution in [0, 0.1) is 20.2 Å². The fraction of sp³-hybridized carbons (Fsp3) is 0.133. The van der Waals surface area contributed by atoms with Crippen LogP contribution in [-0.2, 0) is 0 Å².